The Morgan fingerprint density at radius 1 is 1.25 bits per heavy atom. The van der Waals surface area contributed by atoms with Crippen LogP contribution < -0.4 is 5.32 Å². The van der Waals surface area contributed by atoms with Crippen molar-refractivity contribution in [2.45, 2.75) is 13.8 Å². The fraction of sp³-hybridized carbons (Fsp3) is 0.273. The molecular weight excluding hydrogens is 146 g/mol. The Morgan fingerprint density at radius 3 is 1.83 bits per heavy atom. The van der Waals surface area contributed by atoms with Gasteiger partial charge in [-0.05, 0) is 19.9 Å². The molecule has 68 valence electrons. The predicted octanol–water partition coefficient (Wildman–Crippen LogP) is 3.04. The quantitative estimate of drug-likeness (QED) is 0.634. The molecule has 0 aliphatic rings. The zero-order chi connectivity index (χ0) is 9.82. The van der Waals surface area contributed by atoms with Crippen LogP contribution in [0.15, 0.2) is 49.2 Å². The maximum Gasteiger partial charge on any atom is 0.0288 e. The fourth-order valence-electron chi connectivity index (χ4n) is 0.500. The monoisotopic (exact) mass is 165 g/mol. The number of likely N-dealkylation sites (N-methyl/N-ethyl adjacent to an activating group) is 1. The Morgan fingerprint density at radius 2 is 1.83 bits per heavy atom. The van der Waals surface area contributed by atoms with Crippen LogP contribution in [0, 0.1) is 0 Å². The van der Waals surface area contributed by atoms with Crippen LogP contribution in [0.25, 0.3) is 0 Å². The van der Waals surface area contributed by atoms with Gasteiger partial charge in [-0.15, -0.1) is 0 Å². The summed E-state index contributed by atoms with van der Waals surface area (Å²) in [5.74, 6) is 0. The minimum absolute atomic E-state index is 1.07. The molecule has 0 unspecified atom stereocenters. The van der Waals surface area contributed by atoms with Crippen molar-refractivity contribution in [1.82, 2.24) is 5.32 Å². The van der Waals surface area contributed by atoms with Crippen LogP contribution in [0.5, 0.6) is 0 Å². The molecule has 0 atom stereocenters. The summed E-state index contributed by atoms with van der Waals surface area (Å²) in [5, 5.41) is 2.94. The third kappa shape index (κ3) is 11.5. The lowest BCUT2D eigenvalue weighted by molar-refractivity contribution is 1.03. The number of hydrogen-bond acceptors (Lipinski definition) is 1. The van der Waals surface area contributed by atoms with Gasteiger partial charge in [-0.3, -0.25) is 0 Å². The van der Waals surface area contributed by atoms with Crippen molar-refractivity contribution in [3.8, 4) is 0 Å². The summed E-state index contributed by atoms with van der Waals surface area (Å²) in [6.45, 7) is 11.0. The lowest BCUT2D eigenvalue weighted by Crippen LogP contribution is -2.01. The molecule has 1 heteroatoms. The summed E-state index contributed by atoms with van der Waals surface area (Å²) < 4.78 is 0. The van der Waals surface area contributed by atoms with Gasteiger partial charge in [0.25, 0.3) is 0 Å². The summed E-state index contributed by atoms with van der Waals surface area (Å²) in [7, 11) is 1.87. The van der Waals surface area contributed by atoms with Crippen molar-refractivity contribution >= 4 is 0 Å². The summed E-state index contributed by atoms with van der Waals surface area (Å²) in [4.78, 5) is 0. The van der Waals surface area contributed by atoms with Crippen LogP contribution in [0.2, 0.25) is 0 Å². The van der Waals surface area contributed by atoms with Crippen molar-refractivity contribution in [3.63, 3.8) is 0 Å². The van der Waals surface area contributed by atoms with Crippen LogP contribution in [0.4, 0.5) is 0 Å². The van der Waals surface area contributed by atoms with Crippen LogP contribution >= 0.6 is 0 Å². The lowest BCUT2D eigenvalue weighted by Gasteiger charge is -1.93. The first kappa shape index (κ1) is 13.4. The van der Waals surface area contributed by atoms with Crippen molar-refractivity contribution in [2.75, 3.05) is 7.05 Å². The molecular formula is C11H19N. The molecule has 0 radical (unpaired) electrons. The standard InChI is InChI=1S/C6H11N.C5H8/c1-4-6(5-2)7-3;1-3-5-4-2/h4-5,7H,1H2,2-3H3;3-5H,1H2,2H3/b6-5+;5-4+. The molecule has 0 aliphatic heterocycles. The number of nitrogens with one attached hydrogen (secondary N) is 1. The molecule has 0 saturated carbocycles. The van der Waals surface area contributed by atoms with Gasteiger partial charge in [-0.1, -0.05) is 37.5 Å². The Bertz CT molecular complexity index is 164. The van der Waals surface area contributed by atoms with Gasteiger partial charge in [0.15, 0.2) is 0 Å². The van der Waals surface area contributed by atoms with Crippen LogP contribution in [0.1, 0.15) is 13.8 Å². The number of hydrogen-bond donors (Lipinski definition) is 1. The van der Waals surface area contributed by atoms with Gasteiger partial charge >= 0.3 is 0 Å². The normalized spacial score (nSPS) is 10.1. The van der Waals surface area contributed by atoms with Crippen molar-refractivity contribution in [3.05, 3.63) is 49.2 Å². The van der Waals surface area contributed by atoms with Crippen LogP contribution in [-0.2, 0) is 0 Å². The van der Waals surface area contributed by atoms with Crippen LogP contribution in [0.3, 0.4) is 0 Å². The molecule has 0 fully saturated rings. The highest BCUT2D eigenvalue weighted by Crippen LogP contribution is 1.83. The molecule has 0 amide bonds. The highest BCUT2D eigenvalue weighted by Gasteiger charge is 1.74. The van der Waals surface area contributed by atoms with E-state index in [0.29, 0.717) is 0 Å². The van der Waals surface area contributed by atoms with E-state index in [1.54, 1.807) is 12.2 Å². The van der Waals surface area contributed by atoms with Gasteiger partial charge in [0.1, 0.15) is 0 Å². The molecule has 0 bridgehead atoms. The Kier molecular flexibility index (Phi) is 13.8. The van der Waals surface area contributed by atoms with E-state index in [4.69, 9.17) is 0 Å². The molecule has 1 nitrogen and oxygen atoms in total. The molecule has 12 heavy (non-hydrogen) atoms. The average Bonchev–Trinajstić information content (AvgIpc) is 2.10. The SMILES string of the molecule is C=C/C(=C\C)NC.C=C/C=C/C. The van der Waals surface area contributed by atoms with E-state index in [9.17, 15) is 0 Å². The first-order chi connectivity index (χ1) is 5.76. The number of rotatable bonds is 3. The third-order valence-electron chi connectivity index (χ3n) is 1.15. The summed E-state index contributed by atoms with van der Waals surface area (Å²) in [6, 6.07) is 0. The van der Waals surface area contributed by atoms with E-state index < -0.39 is 0 Å². The van der Waals surface area contributed by atoms with Crippen molar-refractivity contribution in [1.29, 1.82) is 0 Å². The van der Waals surface area contributed by atoms with Crippen molar-refractivity contribution < 1.29 is 0 Å². The van der Waals surface area contributed by atoms with Crippen LogP contribution in [-0.4, -0.2) is 7.05 Å². The number of allylic oxidation sites excluding steroid dienone is 5. The topological polar surface area (TPSA) is 12.0 Å². The fourth-order valence-corrected chi connectivity index (χ4v) is 0.500. The smallest absolute Gasteiger partial charge is 0.0288 e. The van der Waals surface area contributed by atoms with E-state index in [1.807, 2.05) is 39.1 Å². The van der Waals surface area contributed by atoms with Gasteiger partial charge in [-0.2, -0.15) is 0 Å². The first-order valence-electron chi connectivity index (χ1n) is 3.97. The highest BCUT2D eigenvalue weighted by molar-refractivity contribution is 5.11. The second-order valence-corrected chi connectivity index (χ2v) is 1.96. The molecule has 0 aromatic rings. The van der Waals surface area contributed by atoms with Gasteiger partial charge < -0.3 is 5.32 Å². The molecule has 0 aliphatic carbocycles. The molecule has 0 aromatic heterocycles. The maximum atomic E-state index is 3.57. The first-order valence-corrected chi connectivity index (χ1v) is 3.97. The van der Waals surface area contributed by atoms with Gasteiger partial charge in [-0.25, -0.2) is 0 Å². The highest BCUT2D eigenvalue weighted by atomic mass is 14.8. The molecule has 0 aromatic carbocycles. The second-order valence-electron chi connectivity index (χ2n) is 1.96. The summed E-state index contributed by atoms with van der Waals surface area (Å²) in [6.07, 6.45) is 9.32. The van der Waals surface area contributed by atoms with E-state index in [-0.39, 0.29) is 0 Å². The zero-order valence-electron chi connectivity index (χ0n) is 8.30. The van der Waals surface area contributed by atoms with E-state index >= 15 is 0 Å². The van der Waals surface area contributed by atoms with Gasteiger partial charge in [0.05, 0.1) is 0 Å². The Hall–Kier alpha value is -1.24. The lowest BCUT2D eigenvalue weighted by atomic mass is 10.4. The molecule has 0 heterocycles. The molecule has 0 saturated heterocycles. The summed E-state index contributed by atoms with van der Waals surface area (Å²) >= 11 is 0. The largest absolute Gasteiger partial charge is 0.388 e. The second kappa shape index (κ2) is 12.4. The zero-order valence-corrected chi connectivity index (χ0v) is 8.30. The van der Waals surface area contributed by atoms with Gasteiger partial charge in [0, 0.05) is 12.7 Å². The summed E-state index contributed by atoms with van der Waals surface area (Å²) in [5.41, 5.74) is 1.07. The van der Waals surface area contributed by atoms with E-state index in [2.05, 4.69) is 18.5 Å². The molecule has 0 spiro atoms. The van der Waals surface area contributed by atoms with Gasteiger partial charge in [0.2, 0.25) is 0 Å². The Balaban J connectivity index is 0. The predicted molar refractivity (Wildman–Crippen MR) is 58.0 cm³/mol. The Labute approximate surface area is 76.2 Å². The van der Waals surface area contributed by atoms with E-state index in [0.717, 1.165) is 5.70 Å². The maximum absolute atomic E-state index is 3.57. The average molecular weight is 165 g/mol. The molecule has 1 N–H and O–H groups in total. The molecule has 0 rings (SSSR count). The van der Waals surface area contributed by atoms with E-state index in [1.165, 1.54) is 0 Å². The minimum Gasteiger partial charge on any atom is -0.388 e. The minimum atomic E-state index is 1.07. The van der Waals surface area contributed by atoms with Crippen molar-refractivity contribution in [2.24, 2.45) is 0 Å². The third-order valence-corrected chi connectivity index (χ3v) is 1.15.